The summed E-state index contributed by atoms with van der Waals surface area (Å²) in [6.07, 6.45) is 0.861. The first-order chi connectivity index (χ1) is 10.2. The predicted molar refractivity (Wildman–Crippen MR) is 81.2 cm³/mol. The van der Waals surface area contributed by atoms with E-state index >= 15 is 0 Å². The molecule has 2 heterocycles. The van der Waals surface area contributed by atoms with Gasteiger partial charge in [-0.15, -0.1) is 0 Å². The quantitative estimate of drug-likeness (QED) is 0.817. The van der Waals surface area contributed by atoms with Crippen LogP contribution >= 0.6 is 0 Å². The molecule has 0 spiro atoms. The van der Waals surface area contributed by atoms with Crippen molar-refractivity contribution in [1.82, 2.24) is 0 Å². The van der Waals surface area contributed by atoms with Gasteiger partial charge in [-0.2, -0.15) is 0 Å². The van der Waals surface area contributed by atoms with E-state index in [-0.39, 0.29) is 5.91 Å². The molecule has 2 aliphatic heterocycles. The molecule has 0 bridgehead atoms. The van der Waals surface area contributed by atoms with Crippen LogP contribution in [0.15, 0.2) is 36.4 Å². The van der Waals surface area contributed by atoms with Crippen LogP contribution in [0.4, 0.5) is 11.4 Å². The Hall–Kier alpha value is -2.33. The molecule has 0 aliphatic carbocycles. The maximum atomic E-state index is 12.7. The molecule has 2 aromatic rings. The van der Waals surface area contributed by atoms with Crippen LogP contribution < -0.4 is 10.6 Å². The molecule has 0 radical (unpaired) electrons. The highest BCUT2D eigenvalue weighted by atomic mass is 16.5. The number of carbonyl (C=O) groups is 1. The fourth-order valence-electron chi connectivity index (χ4n) is 3.09. The van der Waals surface area contributed by atoms with Crippen LogP contribution in [-0.4, -0.2) is 12.5 Å². The average molecular weight is 280 g/mol. The summed E-state index contributed by atoms with van der Waals surface area (Å²) in [6.45, 7) is 1.96. The molecule has 2 N–H and O–H groups in total. The van der Waals surface area contributed by atoms with Crippen LogP contribution in [0.3, 0.4) is 0 Å². The van der Waals surface area contributed by atoms with E-state index in [2.05, 4.69) is 0 Å². The summed E-state index contributed by atoms with van der Waals surface area (Å²) in [4.78, 5) is 14.6. The first-order valence-electron chi connectivity index (χ1n) is 7.12. The Bertz CT molecular complexity index is 740. The van der Waals surface area contributed by atoms with Crippen molar-refractivity contribution in [3.63, 3.8) is 0 Å². The van der Waals surface area contributed by atoms with E-state index in [4.69, 9.17) is 10.5 Å². The molecule has 4 rings (SSSR count). The fourth-order valence-corrected chi connectivity index (χ4v) is 3.09. The summed E-state index contributed by atoms with van der Waals surface area (Å²) in [6, 6.07) is 11.6. The molecule has 2 aromatic carbocycles. The molecule has 0 fully saturated rings. The first kappa shape index (κ1) is 12.4. The van der Waals surface area contributed by atoms with Gasteiger partial charge < -0.3 is 15.4 Å². The first-order valence-corrected chi connectivity index (χ1v) is 7.12. The molecule has 4 nitrogen and oxygen atoms in total. The smallest absolute Gasteiger partial charge is 0.258 e. The summed E-state index contributed by atoms with van der Waals surface area (Å²) in [5.74, 6) is 0.0493. The van der Waals surface area contributed by atoms with Crippen LogP contribution in [0.5, 0.6) is 0 Å². The summed E-state index contributed by atoms with van der Waals surface area (Å²) < 4.78 is 5.41. The SMILES string of the molecule is Nc1ccc2c(c1)CCN2C(=O)c1ccc2c(c1)COC2. The molecule has 106 valence electrons. The summed E-state index contributed by atoms with van der Waals surface area (Å²) in [5.41, 5.74) is 11.7. The minimum absolute atomic E-state index is 0.0493. The van der Waals surface area contributed by atoms with Gasteiger partial charge in [-0.1, -0.05) is 6.07 Å². The third kappa shape index (κ3) is 1.99. The third-order valence-corrected chi connectivity index (χ3v) is 4.21. The Labute approximate surface area is 123 Å². The zero-order valence-electron chi connectivity index (χ0n) is 11.6. The van der Waals surface area contributed by atoms with Crippen molar-refractivity contribution in [2.24, 2.45) is 0 Å². The van der Waals surface area contributed by atoms with Crippen LogP contribution in [-0.2, 0) is 24.4 Å². The van der Waals surface area contributed by atoms with Crippen molar-refractivity contribution >= 4 is 17.3 Å². The normalized spacial score (nSPS) is 15.9. The Balaban J connectivity index is 1.68. The van der Waals surface area contributed by atoms with Crippen LogP contribution in [0, 0.1) is 0 Å². The molecule has 4 heteroatoms. The lowest BCUT2D eigenvalue weighted by molar-refractivity contribution is 0.0989. The number of hydrogen-bond acceptors (Lipinski definition) is 3. The Morgan fingerprint density at radius 2 is 1.90 bits per heavy atom. The average Bonchev–Trinajstić information content (AvgIpc) is 3.11. The molecular formula is C17H16N2O2. The highest BCUT2D eigenvalue weighted by molar-refractivity contribution is 6.07. The van der Waals surface area contributed by atoms with Gasteiger partial charge in [0.25, 0.3) is 5.91 Å². The molecule has 0 saturated heterocycles. The number of fused-ring (bicyclic) bond motifs is 2. The van der Waals surface area contributed by atoms with Crippen LogP contribution in [0.1, 0.15) is 27.0 Å². The molecular weight excluding hydrogens is 264 g/mol. The van der Waals surface area contributed by atoms with E-state index in [1.807, 2.05) is 41.3 Å². The minimum Gasteiger partial charge on any atom is -0.399 e. The molecule has 1 amide bonds. The van der Waals surface area contributed by atoms with Crippen molar-refractivity contribution in [3.05, 3.63) is 58.7 Å². The van der Waals surface area contributed by atoms with E-state index in [9.17, 15) is 4.79 Å². The molecule has 2 aliphatic rings. The number of nitrogens with two attached hydrogens (primary N) is 1. The van der Waals surface area contributed by atoms with Crippen molar-refractivity contribution in [3.8, 4) is 0 Å². The van der Waals surface area contributed by atoms with Gasteiger partial charge in [0, 0.05) is 23.5 Å². The second-order valence-electron chi connectivity index (χ2n) is 5.57. The summed E-state index contributed by atoms with van der Waals surface area (Å²) in [7, 11) is 0. The van der Waals surface area contributed by atoms with Crippen LogP contribution in [0.2, 0.25) is 0 Å². The van der Waals surface area contributed by atoms with E-state index in [1.54, 1.807) is 0 Å². The second-order valence-corrected chi connectivity index (χ2v) is 5.57. The van der Waals surface area contributed by atoms with E-state index < -0.39 is 0 Å². The van der Waals surface area contributed by atoms with E-state index in [1.165, 1.54) is 5.56 Å². The zero-order chi connectivity index (χ0) is 14.4. The van der Waals surface area contributed by atoms with Gasteiger partial charge in [-0.25, -0.2) is 0 Å². The lowest BCUT2D eigenvalue weighted by Crippen LogP contribution is -2.28. The van der Waals surface area contributed by atoms with Gasteiger partial charge in [-0.05, 0) is 53.4 Å². The van der Waals surface area contributed by atoms with Crippen molar-refractivity contribution < 1.29 is 9.53 Å². The van der Waals surface area contributed by atoms with Crippen molar-refractivity contribution in [1.29, 1.82) is 0 Å². The highest BCUT2D eigenvalue weighted by Crippen LogP contribution is 2.31. The lowest BCUT2D eigenvalue weighted by atomic mass is 10.1. The maximum absolute atomic E-state index is 12.7. The van der Waals surface area contributed by atoms with E-state index in [0.717, 1.165) is 34.5 Å². The Kier molecular flexibility index (Phi) is 2.72. The minimum atomic E-state index is 0.0493. The fraction of sp³-hybridized carbons (Fsp3) is 0.235. The number of ether oxygens (including phenoxy) is 1. The number of amides is 1. The summed E-state index contributed by atoms with van der Waals surface area (Å²) >= 11 is 0. The number of nitrogen functional groups attached to an aromatic ring is 1. The van der Waals surface area contributed by atoms with Crippen molar-refractivity contribution in [2.75, 3.05) is 17.2 Å². The number of nitrogens with zero attached hydrogens (tertiary/aromatic N) is 1. The van der Waals surface area contributed by atoms with Gasteiger partial charge in [0.1, 0.15) is 0 Å². The molecule has 0 aromatic heterocycles. The standard InChI is InChI=1S/C17H16N2O2/c18-15-3-4-16-11(8-15)5-6-19(16)17(20)12-1-2-13-9-21-10-14(13)7-12/h1-4,7-8H,5-6,9-10,18H2. The van der Waals surface area contributed by atoms with Gasteiger partial charge in [-0.3, -0.25) is 4.79 Å². The van der Waals surface area contributed by atoms with Crippen molar-refractivity contribution in [2.45, 2.75) is 19.6 Å². The number of rotatable bonds is 1. The van der Waals surface area contributed by atoms with E-state index in [0.29, 0.717) is 19.8 Å². The highest BCUT2D eigenvalue weighted by Gasteiger charge is 2.26. The Morgan fingerprint density at radius 3 is 2.81 bits per heavy atom. The van der Waals surface area contributed by atoms with Gasteiger partial charge in [0.15, 0.2) is 0 Å². The number of anilines is 2. The second kappa shape index (κ2) is 4.60. The molecule has 21 heavy (non-hydrogen) atoms. The van der Waals surface area contributed by atoms with Crippen LogP contribution in [0.25, 0.3) is 0 Å². The number of benzene rings is 2. The zero-order valence-corrected chi connectivity index (χ0v) is 11.6. The van der Waals surface area contributed by atoms with Gasteiger partial charge >= 0.3 is 0 Å². The molecule has 0 atom stereocenters. The molecule has 0 saturated carbocycles. The topological polar surface area (TPSA) is 55.6 Å². The Morgan fingerprint density at radius 1 is 1.05 bits per heavy atom. The largest absolute Gasteiger partial charge is 0.399 e. The monoisotopic (exact) mass is 280 g/mol. The predicted octanol–water partition coefficient (Wildman–Crippen LogP) is 2.50. The third-order valence-electron chi connectivity index (χ3n) is 4.21. The maximum Gasteiger partial charge on any atom is 0.258 e. The summed E-state index contributed by atoms with van der Waals surface area (Å²) in [5, 5.41) is 0. The lowest BCUT2D eigenvalue weighted by Gasteiger charge is -2.18. The van der Waals surface area contributed by atoms with Gasteiger partial charge in [0.2, 0.25) is 0 Å². The van der Waals surface area contributed by atoms with Gasteiger partial charge in [0.05, 0.1) is 13.2 Å². The number of carbonyl (C=O) groups excluding carboxylic acids is 1. The number of hydrogen-bond donors (Lipinski definition) is 1. The molecule has 0 unspecified atom stereocenters.